The van der Waals surface area contributed by atoms with Crippen LogP contribution in [0, 0.1) is 0 Å². The van der Waals surface area contributed by atoms with Crippen molar-refractivity contribution in [2.75, 3.05) is 7.05 Å². The normalized spacial score (nSPS) is 13.7. The second-order valence-corrected chi connectivity index (χ2v) is 6.40. The summed E-state index contributed by atoms with van der Waals surface area (Å²) in [5.74, 6) is -1.74. The van der Waals surface area contributed by atoms with Gasteiger partial charge in [0.25, 0.3) is 0 Å². The second-order valence-electron chi connectivity index (χ2n) is 5.23. The lowest BCUT2D eigenvalue weighted by Crippen LogP contribution is -2.24. The Hall–Kier alpha value is -2.99. The third-order valence-corrected chi connectivity index (χ3v) is 4.52. The summed E-state index contributed by atoms with van der Waals surface area (Å²) in [7, 11) is 1.62. The van der Waals surface area contributed by atoms with Gasteiger partial charge in [0, 0.05) is 23.6 Å². The van der Waals surface area contributed by atoms with Gasteiger partial charge in [-0.25, -0.2) is 9.59 Å². The number of carboxylic acid groups (broad SMARTS) is 1. The number of hydrogen-bond donors (Lipinski definition) is 1. The second kappa shape index (κ2) is 7.27. The fourth-order valence-electron chi connectivity index (χ4n) is 2.40. The number of esters is 1. The van der Waals surface area contributed by atoms with Gasteiger partial charge < -0.3 is 14.1 Å². The summed E-state index contributed by atoms with van der Waals surface area (Å²) < 4.78 is 6.88. The minimum absolute atomic E-state index is 0.0482. The summed E-state index contributed by atoms with van der Waals surface area (Å²) in [6.07, 6.45) is 2.91. The Labute approximate surface area is 149 Å². The van der Waals surface area contributed by atoms with Crippen molar-refractivity contribution in [2.24, 2.45) is 0 Å². The van der Waals surface area contributed by atoms with Gasteiger partial charge in [-0.1, -0.05) is 42.5 Å². The van der Waals surface area contributed by atoms with E-state index in [0.29, 0.717) is 5.56 Å². The molecule has 0 spiro atoms. The number of rotatable bonds is 4. The van der Waals surface area contributed by atoms with Crippen LogP contribution < -0.4 is 0 Å². The van der Waals surface area contributed by atoms with E-state index in [1.165, 1.54) is 22.3 Å². The number of nitrogens with zero attached hydrogens (tertiary/aromatic N) is 1. The Morgan fingerprint density at radius 3 is 2.48 bits per heavy atom. The number of carboxylic acids is 1. The summed E-state index contributed by atoms with van der Waals surface area (Å²) in [4.78, 5) is 24.7. The molecule has 0 amide bonds. The van der Waals surface area contributed by atoms with Crippen LogP contribution in [0.2, 0.25) is 0 Å². The van der Waals surface area contributed by atoms with Crippen molar-refractivity contribution in [3.8, 4) is 0 Å². The van der Waals surface area contributed by atoms with Crippen LogP contribution >= 0.6 is 11.9 Å². The van der Waals surface area contributed by atoms with E-state index in [9.17, 15) is 14.7 Å². The van der Waals surface area contributed by atoms with Gasteiger partial charge in [-0.15, -0.1) is 0 Å². The summed E-state index contributed by atoms with van der Waals surface area (Å²) >= 11 is 1.27. The first-order valence-electron chi connectivity index (χ1n) is 7.50. The van der Waals surface area contributed by atoms with Crippen molar-refractivity contribution in [2.45, 2.75) is 4.90 Å². The Kier molecular flexibility index (Phi) is 4.90. The zero-order valence-electron chi connectivity index (χ0n) is 13.4. The minimum atomic E-state index is -1.15. The predicted octanol–water partition coefficient (Wildman–Crippen LogP) is 3.65. The summed E-state index contributed by atoms with van der Waals surface area (Å²) in [6, 6.07) is 16.5. The van der Waals surface area contributed by atoms with Crippen LogP contribution in [-0.4, -0.2) is 28.4 Å². The molecule has 1 N–H and O–H groups in total. The van der Waals surface area contributed by atoms with Crippen molar-refractivity contribution in [3.05, 3.63) is 77.5 Å². The van der Waals surface area contributed by atoms with Gasteiger partial charge in [-0.2, -0.15) is 0 Å². The topological polar surface area (TPSA) is 66.8 Å². The van der Waals surface area contributed by atoms with Gasteiger partial charge in [0.15, 0.2) is 11.5 Å². The molecule has 0 aliphatic carbocycles. The molecule has 126 valence electrons. The minimum Gasteiger partial charge on any atom is -0.476 e. The van der Waals surface area contributed by atoms with E-state index < -0.39 is 11.9 Å². The largest absolute Gasteiger partial charge is 0.476 e. The van der Waals surface area contributed by atoms with Crippen LogP contribution in [0.5, 0.6) is 0 Å². The quantitative estimate of drug-likeness (QED) is 0.514. The molecule has 6 heteroatoms. The van der Waals surface area contributed by atoms with Gasteiger partial charge in [0.05, 0.1) is 0 Å². The molecule has 1 aliphatic rings. The van der Waals surface area contributed by atoms with E-state index in [2.05, 4.69) is 0 Å². The molecule has 1 heterocycles. The van der Waals surface area contributed by atoms with Crippen molar-refractivity contribution in [3.63, 3.8) is 0 Å². The molecule has 0 atom stereocenters. The van der Waals surface area contributed by atoms with Crippen LogP contribution in [0.15, 0.2) is 71.3 Å². The molecule has 0 bridgehead atoms. The average Bonchev–Trinajstić information content (AvgIpc) is 2.60. The first-order chi connectivity index (χ1) is 12.1. The lowest BCUT2D eigenvalue weighted by atomic mass is 10.1. The van der Waals surface area contributed by atoms with Crippen molar-refractivity contribution in [1.82, 2.24) is 4.31 Å². The van der Waals surface area contributed by atoms with Crippen molar-refractivity contribution in [1.29, 1.82) is 0 Å². The molecule has 0 saturated heterocycles. The molecular formula is C19H15NO4S. The monoisotopic (exact) mass is 353 g/mol. The molecule has 2 aromatic carbocycles. The molecular weight excluding hydrogens is 338 g/mol. The van der Waals surface area contributed by atoms with Crippen molar-refractivity contribution < 1.29 is 19.4 Å². The Bertz CT molecular complexity index is 874. The number of hydrogen-bond acceptors (Lipinski definition) is 5. The standard InChI is InChI=1S/C19H15NO4S/c1-20-17(19(22)23)18(14-9-5-6-10-15(14)25-20)24-16(21)12-11-13-7-3-2-4-8-13/h2-12H,1H3,(H,22,23). The number of carbonyl (C=O) groups is 2. The maximum Gasteiger partial charge on any atom is 0.356 e. The third kappa shape index (κ3) is 3.75. The predicted molar refractivity (Wildman–Crippen MR) is 96.2 cm³/mol. The SMILES string of the molecule is CN1Sc2ccccc2C(OC(=O)C=Cc2ccccc2)=C1C(=O)O. The smallest absolute Gasteiger partial charge is 0.356 e. The van der Waals surface area contributed by atoms with Gasteiger partial charge in [0.1, 0.15) is 0 Å². The van der Waals surface area contributed by atoms with E-state index in [4.69, 9.17) is 4.74 Å². The molecule has 0 saturated carbocycles. The van der Waals surface area contributed by atoms with Gasteiger partial charge in [-0.05, 0) is 35.7 Å². The summed E-state index contributed by atoms with van der Waals surface area (Å²) in [6.45, 7) is 0. The number of ether oxygens (including phenoxy) is 1. The Morgan fingerprint density at radius 2 is 1.76 bits per heavy atom. The van der Waals surface area contributed by atoms with E-state index in [0.717, 1.165) is 10.5 Å². The van der Waals surface area contributed by atoms with Crippen LogP contribution in [0.4, 0.5) is 0 Å². The van der Waals surface area contributed by atoms with Crippen LogP contribution in [0.1, 0.15) is 11.1 Å². The molecule has 1 aliphatic heterocycles. The molecule has 0 radical (unpaired) electrons. The Balaban J connectivity index is 1.92. The van der Waals surface area contributed by atoms with Gasteiger partial charge >= 0.3 is 11.9 Å². The number of fused-ring (bicyclic) bond motifs is 1. The maximum atomic E-state index is 12.2. The molecule has 0 unspecified atom stereocenters. The van der Waals surface area contributed by atoms with Gasteiger partial charge in [-0.3, -0.25) is 0 Å². The fraction of sp³-hybridized carbons (Fsp3) is 0.0526. The van der Waals surface area contributed by atoms with E-state index in [-0.39, 0.29) is 11.5 Å². The van der Waals surface area contributed by atoms with Crippen LogP contribution in [0.3, 0.4) is 0 Å². The highest BCUT2D eigenvalue weighted by Gasteiger charge is 2.30. The van der Waals surface area contributed by atoms with Crippen LogP contribution in [-0.2, 0) is 14.3 Å². The van der Waals surface area contributed by atoms with Crippen molar-refractivity contribution >= 4 is 35.7 Å². The summed E-state index contributed by atoms with van der Waals surface area (Å²) in [5.41, 5.74) is 1.37. The lowest BCUT2D eigenvalue weighted by molar-refractivity contribution is -0.134. The first kappa shape index (κ1) is 16.9. The molecule has 2 aromatic rings. The number of benzene rings is 2. The summed E-state index contributed by atoms with van der Waals surface area (Å²) in [5, 5.41) is 9.50. The highest BCUT2D eigenvalue weighted by molar-refractivity contribution is 7.97. The average molecular weight is 353 g/mol. The molecule has 0 aromatic heterocycles. The zero-order chi connectivity index (χ0) is 17.8. The highest BCUT2D eigenvalue weighted by atomic mass is 32.2. The van der Waals surface area contributed by atoms with E-state index in [1.54, 1.807) is 25.3 Å². The van der Waals surface area contributed by atoms with E-state index >= 15 is 0 Å². The molecule has 0 fully saturated rings. The maximum absolute atomic E-state index is 12.2. The number of aliphatic carboxylic acids is 1. The third-order valence-electron chi connectivity index (χ3n) is 3.51. The molecule has 3 rings (SSSR count). The van der Waals surface area contributed by atoms with Crippen LogP contribution in [0.25, 0.3) is 11.8 Å². The number of likely N-dealkylation sites (N-methyl/N-ethyl adjacent to an activating group) is 1. The van der Waals surface area contributed by atoms with Gasteiger partial charge in [0.2, 0.25) is 0 Å². The fourth-order valence-corrected chi connectivity index (χ4v) is 3.34. The molecule has 5 nitrogen and oxygen atoms in total. The zero-order valence-corrected chi connectivity index (χ0v) is 14.2. The lowest BCUT2D eigenvalue weighted by Gasteiger charge is -2.27. The Morgan fingerprint density at radius 1 is 1.08 bits per heavy atom. The van der Waals surface area contributed by atoms with E-state index in [1.807, 2.05) is 42.5 Å². The highest BCUT2D eigenvalue weighted by Crippen LogP contribution is 2.40. The number of carbonyl (C=O) groups excluding carboxylic acids is 1. The molecule has 25 heavy (non-hydrogen) atoms. The first-order valence-corrected chi connectivity index (χ1v) is 8.27.